The van der Waals surface area contributed by atoms with Crippen LogP contribution >= 0.6 is 12.6 Å². The monoisotopic (exact) mass is 495 g/mol. The van der Waals surface area contributed by atoms with E-state index >= 15 is 0 Å². The van der Waals surface area contributed by atoms with Gasteiger partial charge in [0.2, 0.25) is 11.8 Å². The zero-order valence-corrected chi connectivity index (χ0v) is 22.1. The predicted molar refractivity (Wildman–Crippen MR) is 133 cm³/mol. The van der Waals surface area contributed by atoms with Gasteiger partial charge in [0.25, 0.3) is 0 Å². The van der Waals surface area contributed by atoms with Gasteiger partial charge >= 0.3 is 12.1 Å². The summed E-state index contributed by atoms with van der Waals surface area (Å²) in [6, 6.07) is 3.03. The highest BCUT2D eigenvalue weighted by Crippen LogP contribution is 2.30. The minimum absolute atomic E-state index is 0.00938. The molecule has 0 aliphatic carbocycles. The van der Waals surface area contributed by atoms with Crippen molar-refractivity contribution >= 4 is 36.5 Å². The molecule has 2 N–H and O–H groups in total. The highest BCUT2D eigenvalue weighted by atomic mass is 32.1. The third-order valence-electron chi connectivity index (χ3n) is 4.96. The summed E-state index contributed by atoms with van der Waals surface area (Å²) < 4.78 is 9.91. The number of thiol groups is 1. The molecular formula is C24H37N3O6S. The molecular weight excluding hydrogens is 458 g/mol. The molecule has 0 saturated heterocycles. The van der Waals surface area contributed by atoms with E-state index in [4.69, 9.17) is 4.74 Å². The van der Waals surface area contributed by atoms with Crippen LogP contribution in [0.4, 0.5) is 4.79 Å². The zero-order chi connectivity index (χ0) is 26.2. The molecule has 0 heterocycles. The smallest absolute Gasteiger partial charge is 0.408 e. The van der Waals surface area contributed by atoms with Crippen LogP contribution in [0.5, 0.6) is 0 Å². The number of carbonyl (C=O) groups is 4. The molecule has 1 aromatic rings. The van der Waals surface area contributed by atoms with Crippen molar-refractivity contribution in [3.63, 3.8) is 0 Å². The van der Waals surface area contributed by atoms with Gasteiger partial charge < -0.3 is 25.0 Å². The van der Waals surface area contributed by atoms with Gasteiger partial charge in [-0.2, -0.15) is 12.6 Å². The molecule has 0 spiro atoms. The maximum atomic E-state index is 13.7. The molecule has 34 heavy (non-hydrogen) atoms. The Balaban J connectivity index is 3.45. The summed E-state index contributed by atoms with van der Waals surface area (Å²) >= 11 is 4.25. The van der Waals surface area contributed by atoms with Crippen molar-refractivity contribution in [1.82, 2.24) is 15.5 Å². The van der Waals surface area contributed by atoms with Crippen LogP contribution in [0.1, 0.15) is 57.4 Å². The summed E-state index contributed by atoms with van der Waals surface area (Å²) in [5, 5.41) is 5.12. The molecule has 0 aromatic heterocycles. The summed E-state index contributed by atoms with van der Waals surface area (Å²) in [6.07, 6.45) is -0.762. The van der Waals surface area contributed by atoms with E-state index in [0.717, 1.165) is 11.1 Å². The van der Waals surface area contributed by atoms with Gasteiger partial charge in [-0.15, -0.1) is 0 Å². The largest absolute Gasteiger partial charge is 0.468 e. The summed E-state index contributed by atoms with van der Waals surface area (Å²) in [7, 11) is 1.22. The number of hydrogen-bond acceptors (Lipinski definition) is 7. The SMILES string of the molecule is COC(=O)CNC(=O)C(c1c(C)cccc1C)N(C(=O)C(CS)NC(=O)OC(C)(C)C)C(C)C. The van der Waals surface area contributed by atoms with E-state index in [1.54, 1.807) is 34.6 Å². The topological polar surface area (TPSA) is 114 Å². The van der Waals surface area contributed by atoms with Crippen molar-refractivity contribution in [1.29, 1.82) is 0 Å². The van der Waals surface area contributed by atoms with E-state index in [1.165, 1.54) is 12.0 Å². The zero-order valence-electron chi connectivity index (χ0n) is 21.2. The van der Waals surface area contributed by atoms with E-state index in [0.29, 0.717) is 5.56 Å². The van der Waals surface area contributed by atoms with Gasteiger partial charge in [-0.05, 0) is 65.2 Å². The second kappa shape index (κ2) is 12.6. The highest BCUT2D eigenvalue weighted by Gasteiger charge is 2.38. The Morgan fingerprint density at radius 1 is 1.09 bits per heavy atom. The maximum Gasteiger partial charge on any atom is 0.408 e. The van der Waals surface area contributed by atoms with Gasteiger partial charge in [0.05, 0.1) is 7.11 Å². The Bertz CT molecular complexity index is 877. The third kappa shape index (κ3) is 8.23. The number of aryl methyl sites for hydroxylation is 2. The number of benzene rings is 1. The lowest BCUT2D eigenvalue weighted by Crippen LogP contribution is -2.56. The minimum Gasteiger partial charge on any atom is -0.468 e. The average Bonchev–Trinajstić information content (AvgIpc) is 2.72. The Kier molecular flexibility index (Phi) is 10.9. The normalized spacial score (nSPS) is 13.0. The second-order valence-corrected chi connectivity index (χ2v) is 9.59. The molecule has 2 unspecified atom stereocenters. The van der Waals surface area contributed by atoms with Gasteiger partial charge in [0.15, 0.2) is 0 Å². The summed E-state index contributed by atoms with van der Waals surface area (Å²) in [4.78, 5) is 52.5. The van der Waals surface area contributed by atoms with Crippen molar-refractivity contribution < 1.29 is 28.7 Å². The first-order valence-corrected chi connectivity index (χ1v) is 11.7. The molecule has 190 valence electrons. The highest BCUT2D eigenvalue weighted by molar-refractivity contribution is 7.80. The van der Waals surface area contributed by atoms with E-state index < -0.39 is 47.6 Å². The van der Waals surface area contributed by atoms with Crippen molar-refractivity contribution in [2.45, 2.75) is 72.2 Å². The molecule has 0 bridgehead atoms. The van der Waals surface area contributed by atoms with Gasteiger partial charge in [-0.1, -0.05) is 18.2 Å². The third-order valence-corrected chi connectivity index (χ3v) is 5.32. The number of methoxy groups -OCH3 is 1. The van der Waals surface area contributed by atoms with Crippen molar-refractivity contribution in [3.8, 4) is 0 Å². The first-order valence-electron chi connectivity index (χ1n) is 11.1. The Morgan fingerprint density at radius 2 is 1.65 bits per heavy atom. The molecule has 0 saturated carbocycles. The van der Waals surface area contributed by atoms with E-state index in [-0.39, 0.29) is 12.3 Å². The summed E-state index contributed by atoms with van der Waals surface area (Å²) in [5.41, 5.74) is 1.50. The average molecular weight is 496 g/mol. The summed E-state index contributed by atoms with van der Waals surface area (Å²) in [5.74, 6) is -1.67. The Hall–Kier alpha value is -2.75. The van der Waals surface area contributed by atoms with E-state index in [2.05, 4.69) is 28.0 Å². The number of nitrogens with one attached hydrogen (secondary N) is 2. The number of esters is 1. The Labute approximate surface area is 207 Å². The molecule has 10 heteroatoms. The number of carbonyl (C=O) groups excluding carboxylic acids is 4. The van der Waals surface area contributed by atoms with E-state index in [1.807, 2.05) is 32.0 Å². The molecule has 0 radical (unpaired) electrons. The van der Waals surface area contributed by atoms with Crippen molar-refractivity contribution in [3.05, 3.63) is 34.9 Å². The van der Waals surface area contributed by atoms with Crippen LogP contribution in [0, 0.1) is 13.8 Å². The van der Waals surface area contributed by atoms with Gasteiger partial charge in [-0.25, -0.2) is 4.79 Å². The van der Waals surface area contributed by atoms with Crippen LogP contribution in [0.2, 0.25) is 0 Å². The number of rotatable bonds is 9. The standard InChI is InChI=1S/C24H37N3O6S/c1-14(2)27(22(30)17(13-34)26-23(31)33-24(5,6)7)20(21(29)25-12-18(28)32-8)19-15(3)10-9-11-16(19)4/h9-11,14,17,20,34H,12-13H2,1-8H3,(H,25,29)(H,26,31). The second-order valence-electron chi connectivity index (χ2n) is 9.22. The number of amides is 3. The van der Waals surface area contributed by atoms with Gasteiger partial charge in [0.1, 0.15) is 24.2 Å². The van der Waals surface area contributed by atoms with Crippen LogP contribution in [-0.2, 0) is 23.9 Å². The fraction of sp³-hybridized carbons (Fsp3) is 0.583. The first-order chi connectivity index (χ1) is 15.7. The first kappa shape index (κ1) is 29.3. The van der Waals surface area contributed by atoms with Crippen LogP contribution in [-0.4, -0.2) is 65.9 Å². The molecule has 0 aliphatic heterocycles. The fourth-order valence-electron chi connectivity index (χ4n) is 3.48. The van der Waals surface area contributed by atoms with Gasteiger partial charge in [0, 0.05) is 11.8 Å². The minimum atomic E-state index is -1.05. The number of hydrogen-bond donors (Lipinski definition) is 3. The van der Waals surface area contributed by atoms with Crippen LogP contribution < -0.4 is 10.6 Å². The van der Waals surface area contributed by atoms with Crippen LogP contribution in [0.15, 0.2) is 18.2 Å². The lowest BCUT2D eigenvalue weighted by molar-refractivity contribution is -0.145. The number of alkyl carbamates (subject to hydrolysis) is 1. The molecule has 1 rings (SSSR count). The van der Waals surface area contributed by atoms with E-state index in [9.17, 15) is 19.2 Å². The van der Waals surface area contributed by atoms with Gasteiger partial charge in [-0.3, -0.25) is 14.4 Å². The number of ether oxygens (including phenoxy) is 2. The lowest BCUT2D eigenvalue weighted by Gasteiger charge is -2.38. The molecule has 2 atom stereocenters. The lowest BCUT2D eigenvalue weighted by atomic mass is 9.93. The summed E-state index contributed by atoms with van der Waals surface area (Å²) in [6.45, 7) is 12.0. The maximum absolute atomic E-state index is 13.7. The van der Waals surface area contributed by atoms with Crippen molar-refractivity contribution in [2.75, 3.05) is 19.4 Å². The van der Waals surface area contributed by atoms with Crippen LogP contribution in [0.25, 0.3) is 0 Å². The molecule has 0 fully saturated rings. The molecule has 3 amide bonds. The molecule has 1 aromatic carbocycles. The van der Waals surface area contributed by atoms with Crippen LogP contribution in [0.3, 0.4) is 0 Å². The predicted octanol–water partition coefficient (Wildman–Crippen LogP) is 2.69. The Morgan fingerprint density at radius 3 is 2.09 bits per heavy atom. The molecule has 0 aliphatic rings. The number of nitrogens with zero attached hydrogens (tertiary/aromatic N) is 1. The fourth-order valence-corrected chi connectivity index (χ4v) is 3.73. The quantitative estimate of drug-likeness (QED) is 0.359. The van der Waals surface area contributed by atoms with Crippen molar-refractivity contribution in [2.24, 2.45) is 0 Å². The molecule has 9 nitrogen and oxygen atoms in total.